The average Bonchev–Trinajstić information content (AvgIpc) is 3.46. The van der Waals surface area contributed by atoms with Crippen LogP contribution in [0.15, 0.2) is 131 Å². The van der Waals surface area contributed by atoms with Crippen LogP contribution < -0.4 is 0 Å². The molecule has 2 heterocycles. The predicted molar refractivity (Wildman–Crippen MR) is 162 cm³/mol. The van der Waals surface area contributed by atoms with Crippen LogP contribution in [0.25, 0.3) is 55.5 Å². The molecule has 0 radical (unpaired) electrons. The van der Waals surface area contributed by atoms with Crippen LogP contribution in [0.3, 0.4) is 0 Å². The first-order valence-electron chi connectivity index (χ1n) is 16.2. The normalized spacial score (nSPS) is 22.2. The van der Waals surface area contributed by atoms with Crippen molar-refractivity contribution in [3.05, 3.63) is 138 Å². The molecule has 0 bridgehead atoms. The molecular weight excluding hydrogens is 514 g/mol. The van der Waals surface area contributed by atoms with Gasteiger partial charge in [0.15, 0.2) is 11.6 Å². The molecule has 5 heteroatoms. The molecule has 4 aromatic carbocycles. The number of hydrogen-bond acceptors (Lipinski definition) is 4. The van der Waals surface area contributed by atoms with Gasteiger partial charge in [0, 0.05) is 33.7 Å². The molecule has 40 heavy (non-hydrogen) atoms. The van der Waals surface area contributed by atoms with E-state index in [1.54, 1.807) is 6.07 Å². The zero-order valence-electron chi connectivity index (χ0n) is 27.8. The summed E-state index contributed by atoms with van der Waals surface area (Å²) < 4.78 is 65.0. The highest BCUT2D eigenvalue weighted by Gasteiger charge is 2.24. The van der Waals surface area contributed by atoms with Gasteiger partial charge in [-0.1, -0.05) is 97.0 Å². The van der Waals surface area contributed by atoms with Crippen molar-refractivity contribution < 1.29 is 14.0 Å². The molecule has 6 aromatic rings. The minimum Gasteiger partial charge on any atom is -0.456 e. The van der Waals surface area contributed by atoms with Crippen LogP contribution >= 0.6 is 11.6 Å². The van der Waals surface area contributed by atoms with Gasteiger partial charge in [-0.05, 0) is 57.8 Å². The lowest BCUT2D eigenvalue weighted by Crippen LogP contribution is -2.14. The van der Waals surface area contributed by atoms with Gasteiger partial charge in [-0.2, -0.15) is 9.97 Å². The Kier molecular flexibility index (Phi) is 3.89. The average molecular weight is 543 g/mol. The maximum absolute atomic E-state index is 8.74. The summed E-state index contributed by atoms with van der Waals surface area (Å²) in [5.74, 6) is -1.05. The monoisotopic (exact) mass is 542 g/mol. The number of aromatic nitrogens is 3. The quantitative estimate of drug-likeness (QED) is 0.223. The minimum atomic E-state index is -0.973. The molecule has 2 atom stereocenters. The van der Waals surface area contributed by atoms with Crippen LogP contribution in [-0.2, 0) is 0 Å². The number of hydrogen-bond donors (Lipinski definition) is 0. The first kappa shape index (κ1) is 17.0. The number of benzene rings is 4. The maximum Gasteiger partial charge on any atom is 0.226 e. The van der Waals surface area contributed by atoms with E-state index in [0.29, 0.717) is 28.4 Å². The number of halogens is 1. The lowest BCUT2D eigenvalue weighted by molar-refractivity contribution is 0.669. The third-order valence-electron chi connectivity index (χ3n) is 7.28. The van der Waals surface area contributed by atoms with Crippen molar-refractivity contribution in [1.82, 2.24) is 15.0 Å². The lowest BCUT2D eigenvalue weighted by atomic mass is 9.76. The van der Waals surface area contributed by atoms with Crippen molar-refractivity contribution in [2.45, 2.75) is 5.92 Å². The number of fused-ring (bicyclic) bond motifs is 5. The molecule has 0 fully saturated rings. The van der Waals surface area contributed by atoms with E-state index in [1.807, 2.05) is 72.8 Å². The molecular formula is C35H22ClN3O. The Balaban J connectivity index is 1.17. The fourth-order valence-corrected chi connectivity index (χ4v) is 5.49. The van der Waals surface area contributed by atoms with Crippen LogP contribution in [-0.4, -0.2) is 15.0 Å². The first-order valence-corrected chi connectivity index (χ1v) is 13.1. The van der Waals surface area contributed by atoms with Crippen molar-refractivity contribution in [3.63, 3.8) is 0 Å². The summed E-state index contributed by atoms with van der Waals surface area (Å²) in [6, 6.07) is 22.5. The smallest absolute Gasteiger partial charge is 0.226 e. The van der Waals surface area contributed by atoms with Gasteiger partial charge in [0.25, 0.3) is 0 Å². The van der Waals surface area contributed by atoms with Crippen molar-refractivity contribution >= 4 is 44.3 Å². The van der Waals surface area contributed by atoms with Gasteiger partial charge in [0.1, 0.15) is 11.2 Å². The van der Waals surface area contributed by atoms with E-state index < -0.39 is 23.9 Å². The van der Waals surface area contributed by atoms with E-state index in [0.717, 1.165) is 32.7 Å². The van der Waals surface area contributed by atoms with Gasteiger partial charge < -0.3 is 4.42 Å². The Labute approximate surface area is 245 Å². The third-order valence-corrected chi connectivity index (χ3v) is 7.45. The number of allylic oxidation sites excluding steroid dienone is 8. The van der Waals surface area contributed by atoms with Gasteiger partial charge >= 0.3 is 0 Å². The zero-order valence-corrected chi connectivity index (χ0v) is 21.5. The topological polar surface area (TPSA) is 51.8 Å². The second-order valence-electron chi connectivity index (χ2n) is 9.66. The summed E-state index contributed by atoms with van der Waals surface area (Å²) in [6.45, 7) is 0. The summed E-state index contributed by atoms with van der Waals surface area (Å²) >= 11 is 6.39. The second-order valence-corrected chi connectivity index (χ2v) is 10.0. The van der Waals surface area contributed by atoms with Crippen molar-refractivity contribution in [2.24, 2.45) is 5.92 Å². The summed E-state index contributed by atoms with van der Waals surface area (Å²) in [5, 5.41) is 3.70. The fraction of sp³-hybridized carbons (Fsp3) is 0.0571. The van der Waals surface area contributed by atoms with Crippen LogP contribution in [0.4, 0.5) is 0 Å². The highest BCUT2D eigenvalue weighted by atomic mass is 35.5. The highest BCUT2D eigenvalue weighted by Crippen LogP contribution is 2.39. The molecule has 0 saturated heterocycles. The number of rotatable bonds is 3. The number of nitrogens with zero attached hydrogens (tertiary/aromatic N) is 3. The molecule has 2 aliphatic carbocycles. The Hall–Kier alpha value is -4.80. The molecule has 4 nitrogen and oxygen atoms in total. The fourth-order valence-electron chi connectivity index (χ4n) is 5.33. The molecule has 2 unspecified atom stereocenters. The summed E-state index contributed by atoms with van der Waals surface area (Å²) in [4.78, 5) is 13.5. The molecule has 0 amide bonds. The van der Waals surface area contributed by atoms with Gasteiger partial charge in [0.05, 0.1) is 9.60 Å². The minimum absolute atomic E-state index is 0.0411. The van der Waals surface area contributed by atoms with Crippen molar-refractivity contribution in [2.75, 3.05) is 0 Å². The van der Waals surface area contributed by atoms with Crippen LogP contribution in [0.2, 0.25) is 5.28 Å². The standard InChI is InChI=1S/C35H22ClN3O/c36-35-38-33(37-34(39-35)26-16-17-30-29-9-3-4-11-31(29)40-32(30)20-26)25-15-13-22-18-24(14-12-23(22)19-25)28-10-5-7-21-6-1-2-8-27(21)28/h1-20,27-28H/i1D,2D,5D,6D,7D,8D,10D. The molecule has 190 valence electrons. The SMILES string of the molecule is [2H]C1=C([2H])C2=C([2H])C([2H])=C([2H])C(c3ccc4cc(-c5nc(Cl)nc(-c6ccc7c(c6)oc6ccccc67)n5)ccc4c3)C2C([2H])=C1[2H]. The Morgan fingerprint density at radius 3 is 2.35 bits per heavy atom. The van der Waals surface area contributed by atoms with E-state index >= 15 is 0 Å². The van der Waals surface area contributed by atoms with Gasteiger partial charge in [0.2, 0.25) is 5.28 Å². The van der Waals surface area contributed by atoms with Crippen LogP contribution in [0.1, 0.15) is 21.1 Å². The van der Waals surface area contributed by atoms with E-state index in [2.05, 4.69) is 9.97 Å². The third kappa shape index (κ3) is 3.88. The number of furan rings is 1. The Morgan fingerprint density at radius 2 is 1.43 bits per heavy atom. The molecule has 0 saturated carbocycles. The molecule has 8 rings (SSSR count). The molecule has 2 aromatic heterocycles. The Bertz CT molecular complexity index is 2480. The summed E-state index contributed by atoms with van der Waals surface area (Å²) in [7, 11) is 0. The molecule has 2 aliphatic rings. The summed E-state index contributed by atoms with van der Waals surface area (Å²) in [5.41, 5.74) is 3.58. The molecule has 0 N–H and O–H groups in total. The first-order chi connectivity index (χ1) is 22.6. The highest BCUT2D eigenvalue weighted by molar-refractivity contribution is 6.28. The predicted octanol–water partition coefficient (Wildman–Crippen LogP) is 9.23. The van der Waals surface area contributed by atoms with E-state index in [1.165, 1.54) is 0 Å². The van der Waals surface area contributed by atoms with E-state index in [-0.39, 0.29) is 41.1 Å². The van der Waals surface area contributed by atoms with E-state index in [9.17, 15) is 0 Å². The number of para-hydroxylation sites is 1. The maximum atomic E-state index is 8.74. The van der Waals surface area contributed by atoms with Crippen molar-refractivity contribution in [3.8, 4) is 22.8 Å². The largest absolute Gasteiger partial charge is 0.456 e. The van der Waals surface area contributed by atoms with Gasteiger partial charge in [-0.15, -0.1) is 0 Å². The van der Waals surface area contributed by atoms with Crippen molar-refractivity contribution in [1.29, 1.82) is 0 Å². The molecule has 0 spiro atoms. The van der Waals surface area contributed by atoms with Gasteiger partial charge in [-0.25, -0.2) is 4.98 Å². The second kappa shape index (κ2) is 9.15. The zero-order chi connectivity index (χ0) is 32.7. The lowest BCUT2D eigenvalue weighted by Gasteiger charge is -2.28. The Morgan fingerprint density at radius 1 is 0.675 bits per heavy atom. The molecule has 0 aliphatic heterocycles. The van der Waals surface area contributed by atoms with Gasteiger partial charge in [-0.3, -0.25) is 0 Å². The van der Waals surface area contributed by atoms with Crippen LogP contribution in [0, 0.1) is 5.92 Å². The van der Waals surface area contributed by atoms with Crippen LogP contribution in [0.5, 0.6) is 0 Å². The van der Waals surface area contributed by atoms with E-state index in [4.69, 9.17) is 30.6 Å². The summed E-state index contributed by atoms with van der Waals surface area (Å²) in [6.07, 6.45) is 0.